The van der Waals surface area contributed by atoms with Crippen LogP contribution in [0, 0.1) is 11.3 Å². The van der Waals surface area contributed by atoms with Gasteiger partial charge in [-0.15, -0.1) is 0 Å². The molecule has 0 fully saturated rings. The number of amides is 1. The summed E-state index contributed by atoms with van der Waals surface area (Å²) in [5.41, 5.74) is -1.24. The van der Waals surface area contributed by atoms with E-state index in [1.807, 2.05) is 38.2 Å². The van der Waals surface area contributed by atoms with Crippen LogP contribution in [-0.2, 0) is 14.3 Å². The van der Waals surface area contributed by atoms with Crippen LogP contribution >= 0.6 is 0 Å². The van der Waals surface area contributed by atoms with Gasteiger partial charge in [0, 0.05) is 5.41 Å². The van der Waals surface area contributed by atoms with Gasteiger partial charge in [0.2, 0.25) is 0 Å². The van der Waals surface area contributed by atoms with Crippen molar-refractivity contribution in [2.45, 2.75) is 46.6 Å². The maximum Gasteiger partial charge on any atom is 0.434 e. The van der Waals surface area contributed by atoms with Gasteiger partial charge in [0.05, 0.1) is 7.11 Å². The molecule has 0 aromatic heterocycles. The van der Waals surface area contributed by atoms with Gasteiger partial charge in [-0.3, -0.25) is 0 Å². The molecule has 5 heteroatoms. The van der Waals surface area contributed by atoms with E-state index in [2.05, 4.69) is 4.99 Å². The maximum atomic E-state index is 12.1. The zero-order valence-corrected chi connectivity index (χ0v) is 14.2. The van der Waals surface area contributed by atoms with Crippen molar-refractivity contribution >= 4 is 17.8 Å². The van der Waals surface area contributed by atoms with Crippen LogP contribution in [0.15, 0.2) is 29.3 Å². The lowest BCUT2D eigenvalue weighted by molar-refractivity contribution is -0.133. The summed E-state index contributed by atoms with van der Waals surface area (Å²) in [7, 11) is 1.28. The van der Waals surface area contributed by atoms with Crippen LogP contribution in [0.3, 0.4) is 0 Å². The van der Waals surface area contributed by atoms with E-state index in [4.69, 9.17) is 9.47 Å². The molecule has 0 radical (unpaired) electrons. The third-order valence-corrected chi connectivity index (χ3v) is 3.49. The fourth-order valence-electron chi connectivity index (χ4n) is 2.22. The lowest BCUT2D eigenvalue weighted by Crippen LogP contribution is -2.39. The van der Waals surface area contributed by atoms with Gasteiger partial charge in [-0.1, -0.05) is 38.2 Å². The predicted molar refractivity (Wildman–Crippen MR) is 85.9 cm³/mol. The first-order valence-corrected chi connectivity index (χ1v) is 7.31. The zero-order chi connectivity index (χ0) is 17.0. The van der Waals surface area contributed by atoms with Crippen LogP contribution in [0.5, 0.6) is 0 Å². The SMILES string of the molecule is COC(=O)C(=NC(=O)OC(C)(C)C)C(C)(C)C1C=CC=CC1. The van der Waals surface area contributed by atoms with Gasteiger partial charge >= 0.3 is 12.1 Å². The molecular weight excluding hydrogens is 282 g/mol. The molecule has 1 aliphatic carbocycles. The van der Waals surface area contributed by atoms with E-state index in [9.17, 15) is 9.59 Å². The standard InChI is InChI=1S/C17H25NO4/c1-16(2,3)22-15(20)18-13(14(19)21-6)17(4,5)12-10-8-7-9-11-12/h7-10,12H,11H2,1-6H3. The van der Waals surface area contributed by atoms with E-state index in [-0.39, 0.29) is 11.6 Å². The number of carbonyl (C=O) groups excluding carboxylic acids is 2. The normalized spacial score (nSPS) is 19.0. The van der Waals surface area contributed by atoms with Crippen molar-refractivity contribution in [2.24, 2.45) is 16.3 Å². The average molecular weight is 307 g/mol. The Morgan fingerprint density at radius 1 is 1.14 bits per heavy atom. The molecule has 122 valence electrons. The monoisotopic (exact) mass is 307 g/mol. The minimum atomic E-state index is -0.781. The Labute approximate surface area is 132 Å². The van der Waals surface area contributed by atoms with Crippen molar-refractivity contribution in [3.8, 4) is 0 Å². The molecule has 1 rings (SSSR count). The van der Waals surface area contributed by atoms with Crippen molar-refractivity contribution in [2.75, 3.05) is 7.11 Å². The van der Waals surface area contributed by atoms with E-state index in [0.29, 0.717) is 0 Å². The third-order valence-electron chi connectivity index (χ3n) is 3.49. The third kappa shape index (κ3) is 4.83. The number of hydrogen-bond donors (Lipinski definition) is 0. The molecule has 22 heavy (non-hydrogen) atoms. The number of ether oxygens (including phenoxy) is 2. The summed E-state index contributed by atoms with van der Waals surface area (Å²) in [6.07, 6.45) is 7.90. The molecular formula is C17H25NO4. The van der Waals surface area contributed by atoms with Crippen molar-refractivity contribution in [1.29, 1.82) is 0 Å². The van der Waals surface area contributed by atoms with Crippen molar-refractivity contribution < 1.29 is 19.1 Å². The summed E-state index contributed by atoms with van der Waals surface area (Å²) in [6, 6.07) is 0. The summed E-state index contributed by atoms with van der Waals surface area (Å²) >= 11 is 0. The molecule has 0 aromatic carbocycles. The number of allylic oxidation sites excluding steroid dienone is 4. The predicted octanol–water partition coefficient (Wildman–Crippen LogP) is 3.69. The van der Waals surface area contributed by atoms with Crippen molar-refractivity contribution in [1.82, 2.24) is 0 Å². The van der Waals surface area contributed by atoms with Crippen LogP contribution in [0.4, 0.5) is 4.79 Å². The van der Waals surface area contributed by atoms with Crippen LogP contribution in [0.2, 0.25) is 0 Å². The first-order valence-electron chi connectivity index (χ1n) is 7.31. The van der Waals surface area contributed by atoms with E-state index < -0.39 is 23.1 Å². The highest BCUT2D eigenvalue weighted by Crippen LogP contribution is 2.35. The molecule has 0 heterocycles. The maximum absolute atomic E-state index is 12.1. The highest BCUT2D eigenvalue weighted by atomic mass is 16.6. The second-order valence-electron chi connectivity index (χ2n) is 6.81. The first-order chi connectivity index (χ1) is 10.1. The Balaban J connectivity index is 3.11. The van der Waals surface area contributed by atoms with Crippen molar-refractivity contribution in [3.05, 3.63) is 24.3 Å². The van der Waals surface area contributed by atoms with Gasteiger partial charge in [-0.2, -0.15) is 4.99 Å². The summed E-state index contributed by atoms with van der Waals surface area (Å²) in [6.45, 7) is 9.00. The number of esters is 1. The zero-order valence-electron chi connectivity index (χ0n) is 14.2. The molecule has 5 nitrogen and oxygen atoms in total. The summed E-state index contributed by atoms with van der Waals surface area (Å²) < 4.78 is 9.98. The first kappa shape index (κ1) is 18.1. The van der Waals surface area contributed by atoms with Crippen LogP contribution < -0.4 is 0 Å². The molecule has 1 amide bonds. The average Bonchev–Trinajstić information content (AvgIpc) is 2.43. The molecule has 1 atom stereocenters. The van der Waals surface area contributed by atoms with Gasteiger partial charge in [0.25, 0.3) is 0 Å². The molecule has 0 N–H and O–H groups in total. The largest absolute Gasteiger partial charge is 0.465 e. The second kappa shape index (κ2) is 6.90. The van der Waals surface area contributed by atoms with Crippen LogP contribution in [-0.4, -0.2) is 30.5 Å². The molecule has 0 aromatic rings. The number of aliphatic imine (C=N–C) groups is 1. The van der Waals surface area contributed by atoms with E-state index in [1.165, 1.54) is 7.11 Å². The summed E-state index contributed by atoms with van der Waals surface area (Å²) in [5.74, 6) is -0.559. The van der Waals surface area contributed by atoms with Crippen molar-refractivity contribution in [3.63, 3.8) is 0 Å². The lowest BCUT2D eigenvalue weighted by atomic mass is 9.72. The molecule has 0 saturated carbocycles. The Morgan fingerprint density at radius 2 is 1.77 bits per heavy atom. The Bertz CT molecular complexity index is 521. The molecule has 1 unspecified atom stereocenters. The van der Waals surface area contributed by atoms with E-state index >= 15 is 0 Å². The smallest absolute Gasteiger partial charge is 0.434 e. The quantitative estimate of drug-likeness (QED) is 0.589. The minimum Gasteiger partial charge on any atom is -0.465 e. The minimum absolute atomic E-state index is 0.0535. The van der Waals surface area contributed by atoms with Gasteiger partial charge in [0.1, 0.15) is 11.3 Å². The van der Waals surface area contributed by atoms with Gasteiger partial charge in [0.15, 0.2) is 0 Å². The highest BCUT2D eigenvalue weighted by Gasteiger charge is 2.38. The molecule has 0 bridgehead atoms. The lowest BCUT2D eigenvalue weighted by Gasteiger charge is -2.32. The number of rotatable bonds is 3. The van der Waals surface area contributed by atoms with E-state index in [0.717, 1.165) is 6.42 Å². The second-order valence-corrected chi connectivity index (χ2v) is 6.81. The molecule has 0 aliphatic heterocycles. The molecule has 0 saturated heterocycles. The van der Waals surface area contributed by atoms with Crippen LogP contribution in [0.1, 0.15) is 41.0 Å². The number of methoxy groups -OCH3 is 1. The highest BCUT2D eigenvalue weighted by molar-refractivity contribution is 6.39. The Morgan fingerprint density at radius 3 is 2.23 bits per heavy atom. The van der Waals surface area contributed by atoms with Gasteiger partial charge < -0.3 is 9.47 Å². The molecule has 1 aliphatic rings. The topological polar surface area (TPSA) is 65.0 Å². The Kier molecular flexibility index (Phi) is 5.69. The Hall–Kier alpha value is -1.91. The number of nitrogens with zero attached hydrogens (tertiary/aromatic N) is 1. The van der Waals surface area contributed by atoms with Gasteiger partial charge in [-0.05, 0) is 33.1 Å². The fraction of sp³-hybridized carbons (Fsp3) is 0.588. The fourth-order valence-corrected chi connectivity index (χ4v) is 2.22. The van der Waals surface area contributed by atoms with E-state index in [1.54, 1.807) is 20.8 Å². The number of carbonyl (C=O) groups is 2. The molecule has 0 spiro atoms. The summed E-state index contributed by atoms with van der Waals surface area (Å²) in [4.78, 5) is 28.0. The van der Waals surface area contributed by atoms with Gasteiger partial charge in [-0.25, -0.2) is 9.59 Å². The van der Waals surface area contributed by atoms with Crippen LogP contribution in [0.25, 0.3) is 0 Å². The summed E-state index contributed by atoms with van der Waals surface area (Å²) in [5, 5.41) is 0. The number of hydrogen-bond acceptors (Lipinski definition) is 4.